The number of carbonyl (C=O) groups is 1. The highest BCUT2D eigenvalue weighted by Crippen LogP contribution is 2.38. The first kappa shape index (κ1) is 14.5. The van der Waals surface area contributed by atoms with Crippen LogP contribution < -0.4 is 10.6 Å². The van der Waals surface area contributed by atoms with Crippen molar-refractivity contribution in [1.82, 2.24) is 15.6 Å². The summed E-state index contributed by atoms with van der Waals surface area (Å²) < 4.78 is 0. The number of amides is 1. The number of H-pyrrole nitrogens is 1. The van der Waals surface area contributed by atoms with Crippen LogP contribution in [-0.4, -0.2) is 29.5 Å². The predicted octanol–water partition coefficient (Wildman–Crippen LogP) is 2.61. The van der Waals surface area contributed by atoms with Crippen LogP contribution in [0.5, 0.6) is 0 Å². The minimum Gasteiger partial charge on any atom is -0.361 e. The molecule has 3 atom stereocenters. The molecule has 1 aromatic carbocycles. The molecule has 2 heterocycles. The molecular formula is C19H23N3O. The van der Waals surface area contributed by atoms with E-state index in [0.717, 1.165) is 12.8 Å². The summed E-state index contributed by atoms with van der Waals surface area (Å²) in [5.41, 5.74) is 5.09. The van der Waals surface area contributed by atoms with Crippen LogP contribution in [0.1, 0.15) is 31.4 Å². The van der Waals surface area contributed by atoms with E-state index in [1.807, 2.05) is 0 Å². The average molecular weight is 309 g/mol. The molecule has 1 aliphatic carbocycles. The van der Waals surface area contributed by atoms with Crippen LogP contribution in [0, 0.1) is 5.92 Å². The van der Waals surface area contributed by atoms with Crippen LogP contribution >= 0.6 is 0 Å². The molecule has 2 aliphatic rings. The smallest absolute Gasteiger partial charge is 0.228 e. The van der Waals surface area contributed by atoms with E-state index in [4.69, 9.17) is 0 Å². The fourth-order valence-corrected chi connectivity index (χ4v) is 3.73. The molecule has 0 saturated carbocycles. The summed E-state index contributed by atoms with van der Waals surface area (Å²) in [4.78, 5) is 15.8. The second kappa shape index (κ2) is 5.53. The summed E-state index contributed by atoms with van der Waals surface area (Å²) >= 11 is 0. The molecule has 1 aromatic heterocycles. The third-order valence-electron chi connectivity index (χ3n) is 5.20. The second-order valence-electron chi connectivity index (χ2n) is 6.75. The van der Waals surface area contributed by atoms with Crippen molar-refractivity contribution in [3.63, 3.8) is 0 Å². The molecule has 4 nitrogen and oxygen atoms in total. The molecule has 0 radical (unpaired) electrons. The standard InChI is InChI=1S/C19H23N3O/c1-3-11(2)22-19(23)13-7-15-14-5-4-6-16-18(14)12(9-20-16)8-17(15)21-10-13/h4-7,9,11,13,17,20-21H,3,8,10H2,1-2H3,(H,22,23)/t11-,13?,17-/m1/s1. The van der Waals surface area contributed by atoms with E-state index >= 15 is 0 Å². The van der Waals surface area contributed by atoms with Crippen LogP contribution in [0.2, 0.25) is 0 Å². The summed E-state index contributed by atoms with van der Waals surface area (Å²) in [7, 11) is 0. The van der Waals surface area contributed by atoms with Crippen LogP contribution in [0.15, 0.2) is 30.5 Å². The Morgan fingerprint density at radius 2 is 2.30 bits per heavy atom. The number of hydrogen-bond donors (Lipinski definition) is 3. The van der Waals surface area contributed by atoms with Crippen LogP contribution in [0.3, 0.4) is 0 Å². The first-order valence-electron chi connectivity index (χ1n) is 8.52. The van der Waals surface area contributed by atoms with Crippen molar-refractivity contribution in [3.05, 3.63) is 41.6 Å². The van der Waals surface area contributed by atoms with Gasteiger partial charge < -0.3 is 15.6 Å². The highest BCUT2D eigenvalue weighted by Gasteiger charge is 2.32. The van der Waals surface area contributed by atoms with Crippen molar-refractivity contribution in [1.29, 1.82) is 0 Å². The van der Waals surface area contributed by atoms with Gasteiger partial charge in [-0.25, -0.2) is 0 Å². The van der Waals surface area contributed by atoms with Gasteiger partial charge in [0.15, 0.2) is 0 Å². The molecular weight excluding hydrogens is 286 g/mol. The average Bonchev–Trinajstić information content (AvgIpc) is 2.99. The van der Waals surface area contributed by atoms with Gasteiger partial charge in [-0.15, -0.1) is 0 Å². The third kappa shape index (κ3) is 2.38. The zero-order valence-electron chi connectivity index (χ0n) is 13.6. The maximum Gasteiger partial charge on any atom is 0.228 e. The molecule has 3 N–H and O–H groups in total. The van der Waals surface area contributed by atoms with Crippen LogP contribution in [0.4, 0.5) is 0 Å². The van der Waals surface area contributed by atoms with Crippen molar-refractivity contribution in [3.8, 4) is 0 Å². The quantitative estimate of drug-likeness (QED) is 0.816. The van der Waals surface area contributed by atoms with E-state index in [2.05, 4.69) is 59.9 Å². The van der Waals surface area contributed by atoms with Crippen LogP contribution in [-0.2, 0) is 11.2 Å². The molecule has 1 amide bonds. The number of fused-ring (bicyclic) bond motifs is 2. The molecule has 4 rings (SSSR count). The number of aromatic amines is 1. The van der Waals surface area contributed by atoms with Gasteiger partial charge in [0.05, 0.1) is 5.92 Å². The Morgan fingerprint density at radius 3 is 3.13 bits per heavy atom. The van der Waals surface area contributed by atoms with Crippen LogP contribution in [0.25, 0.3) is 16.5 Å². The summed E-state index contributed by atoms with van der Waals surface area (Å²) in [6.07, 6.45) is 6.25. The van der Waals surface area contributed by atoms with Crippen molar-refractivity contribution >= 4 is 22.4 Å². The van der Waals surface area contributed by atoms with Crippen molar-refractivity contribution in [2.24, 2.45) is 5.92 Å². The SMILES string of the molecule is CC[C@@H](C)NC(=O)C1C=C2c3cccc4[nH]cc(c34)C[C@H]2NC1. The molecule has 1 unspecified atom stereocenters. The Balaban J connectivity index is 1.71. The molecule has 0 saturated heterocycles. The molecule has 0 bridgehead atoms. The van der Waals surface area contributed by atoms with Gasteiger partial charge in [-0.3, -0.25) is 4.79 Å². The lowest BCUT2D eigenvalue weighted by Gasteiger charge is -2.33. The van der Waals surface area contributed by atoms with Gasteiger partial charge in [-0.2, -0.15) is 0 Å². The monoisotopic (exact) mass is 309 g/mol. The number of nitrogens with one attached hydrogen (secondary N) is 3. The summed E-state index contributed by atoms with van der Waals surface area (Å²) in [5.74, 6) is 0.0378. The zero-order valence-corrected chi connectivity index (χ0v) is 13.6. The van der Waals surface area contributed by atoms with Gasteiger partial charge in [-0.05, 0) is 42.5 Å². The van der Waals surface area contributed by atoms with Gasteiger partial charge in [0.2, 0.25) is 5.91 Å². The molecule has 0 fully saturated rings. The normalized spacial score (nSPS) is 24.0. The number of carbonyl (C=O) groups excluding carboxylic acids is 1. The number of rotatable bonds is 3. The topological polar surface area (TPSA) is 56.9 Å². The Hall–Kier alpha value is -2.07. The maximum absolute atomic E-state index is 12.5. The number of hydrogen-bond acceptors (Lipinski definition) is 2. The third-order valence-corrected chi connectivity index (χ3v) is 5.20. The Bertz CT molecular complexity index is 789. The van der Waals surface area contributed by atoms with Crippen molar-refractivity contribution in [2.75, 3.05) is 6.54 Å². The van der Waals surface area contributed by atoms with Gasteiger partial charge in [0, 0.05) is 35.7 Å². The Labute approximate surface area is 136 Å². The maximum atomic E-state index is 12.5. The molecule has 120 valence electrons. The largest absolute Gasteiger partial charge is 0.361 e. The fourth-order valence-electron chi connectivity index (χ4n) is 3.73. The lowest BCUT2D eigenvalue weighted by atomic mass is 9.80. The molecule has 4 heteroatoms. The predicted molar refractivity (Wildman–Crippen MR) is 93.2 cm³/mol. The lowest BCUT2D eigenvalue weighted by molar-refractivity contribution is -0.124. The first-order valence-corrected chi connectivity index (χ1v) is 8.52. The number of aromatic nitrogens is 1. The second-order valence-corrected chi connectivity index (χ2v) is 6.75. The lowest BCUT2D eigenvalue weighted by Crippen LogP contribution is -2.47. The Morgan fingerprint density at radius 1 is 1.43 bits per heavy atom. The minimum atomic E-state index is -0.0917. The van der Waals surface area contributed by atoms with E-state index in [1.54, 1.807) is 0 Å². The van der Waals surface area contributed by atoms with Crippen molar-refractivity contribution < 1.29 is 4.79 Å². The van der Waals surface area contributed by atoms with Gasteiger partial charge in [0.25, 0.3) is 0 Å². The summed E-state index contributed by atoms with van der Waals surface area (Å²) in [5, 5.41) is 8.00. The zero-order chi connectivity index (χ0) is 16.0. The highest BCUT2D eigenvalue weighted by molar-refractivity contribution is 5.99. The van der Waals surface area contributed by atoms with E-state index < -0.39 is 0 Å². The van der Waals surface area contributed by atoms with E-state index in [1.165, 1.54) is 27.6 Å². The van der Waals surface area contributed by atoms with Gasteiger partial charge in [0.1, 0.15) is 0 Å². The minimum absolute atomic E-state index is 0.0917. The van der Waals surface area contributed by atoms with E-state index in [9.17, 15) is 4.79 Å². The summed E-state index contributed by atoms with van der Waals surface area (Å²) in [6.45, 7) is 4.86. The molecule has 23 heavy (non-hydrogen) atoms. The molecule has 2 aromatic rings. The fraction of sp³-hybridized carbons (Fsp3) is 0.421. The number of benzene rings is 1. The first-order chi connectivity index (χ1) is 11.2. The summed E-state index contributed by atoms with van der Waals surface area (Å²) in [6, 6.07) is 6.92. The highest BCUT2D eigenvalue weighted by atomic mass is 16.1. The van der Waals surface area contributed by atoms with E-state index in [-0.39, 0.29) is 17.9 Å². The van der Waals surface area contributed by atoms with Gasteiger partial charge in [-0.1, -0.05) is 25.1 Å². The Kier molecular flexibility index (Phi) is 3.49. The molecule has 1 aliphatic heterocycles. The van der Waals surface area contributed by atoms with Crippen molar-refractivity contribution in [2.45, 2.75) is 38.8 Å². The molecule has 0 spiro atoms. The van der Waals surface area contributed by atoms with E-state index in [0.29, 0.717) is 12.6 Å². The van der Waals surface area contributed by atoms with Gasteiger partial charge >= 0.3 is 0 Å².